The fourth-order valence-electron chi connectivity index (χ4n) is 2.80. The number of methoxy groups -OCH3 is 2. The summed E-state index contributed by atoms with van der Waals surface area (Å²) in [6, 6.07) is 8.53. The highest BCUT2D eigenvalue weighted by atomic mass is 16.5. The van der Waals surface area contributed by atoms with Crippen LogP contribution in [0, 0.1) is 13.8 Å². The van der Waals surface area contributed by atoms with E-state index in [1.54, 1.807) is 51.5 Å². The van der Waals surface area contributed by atoms with Crippen LogP contribution in [0.15, 0.2) is 30.3 Å². The van der Waals surface area contributed by atoms with Gasteiger partial charge in [0, 0.05) is 25.3 Å². The number of hydrogen-bond acceptors (Lipinski definition) is 4. The van der Waals surface area contributed by atoms with Crippen LogP contribution in [0.1, 0.15) is 31.8 Å². The molecule has 0 fully saturated rings. The molecule has 0 unspecified atom stereocenters. The van der Waals surface area contributed by atoms with Gasteiger partial charge in [-0.05, 0) is 55.3 Å². The van der Waals surface area contributed by atoms with E-state index < -0.39 is 0 Å². The van der Waals surface area contributed by atoms with E-state index in [9.17, 15) is 9.59 Å². The van der Waals surface area contributed by atoms with Gasteiger partial charge < -0.3 is 19.7 Å². The molecule has 2 aromatic carbocycles. The predicted octanol–water partition coefficient (Wildman–Crippen LogP) is 3.27. The Hall–Kier alpha value is -3.02. The highest BCUT2D eigenvalue weighted by Crippen LogP contribution is 2.26. The Balaban J connectivity index is 2.32. The van der Waals surface area contributed by atoms with E-state index in [0.717, 1.165) is 16.9 Å². The molecule has 2 aromatic rings. The lowest BCUT2D eigenvalue weighted by atomic mass is 10.0. The minimum Gasteiger partial charge on any atom is -0.496 e. The second kappa shape index (κ2) is 7.91. The molecule has 6 heteroatoms. The summed E-state index contributed by atoms with van der Waals surface area (Å²) in [7, 11) is 6.44. The normalized spacial score (nSPS) is 10.2. The Morgan fingerprint density at radius 1 is 0.962 bits per heavy atom. The topological polar surface area (TPSA) is 67.9 Å². The highest BCUT2D eigenvalue weighted by Gasteiger charge is 2.17. The van der Waals surface area contributed by atoms with Gasteiger partial charge in [-0.2, -0.15) is 0 Å². The molecule has 0 spiro atoms. The van der Waals surface area contributed by atoms with Crippen molar-refractivity contribution in [3.8, 4) is 11.5 Å². The number of anilines is 1. The van der Waals surface area contributed by atoms with E-state index in [2.05, 4.69) is 5.32 Å². The van der Waals surface area contributed by atoms with Gasteiger partial charge >= 0.3 is 0 Å². The van der Waals surface area contributed by atoms with Gasteiger partial charge in [0.25, 0.3) is 11.8 Å². The van der Waals surface area contributed by atoms with Gasteiger partial charge in [-0.3, -0.25) is 9.59 Å². The van der Waals surface area contributed by atoms with E-state index in [-0.39, 0.29) is 11.8 Å². The summed E-state index contributed by atoms with van der Waals surface area (Å²) in [5.74, 6) is 0.768. The van der Waals surface area contributed by atoms with Crippen LogP contribution < -0.4 is 14.8 Å². The molecule has 2 amide bonds. The smallest absolute Gasteiger partial charge is 0.257 e. The second-order valence-corrected chi connectivity index (χ2v) is 6.21. The first-order valence-corrected chi connectivity index (χ1v) is 8.14. The number of carbonyl (C=O) groups excluding carboxylic acids is 2. The lowest BCUT2D eigenvalue weighted by Gasteiger charge is -2.15. The molecule has 0 aliphatic heterocycles. The molecule has 6 nitrogen and oxygen atoms in total. The van der Waals surface area contributed by atoms with E-state index >= 15 is 0 Å². The van der Waals surface area contributed by atoms with Crippen LogP contribution >= 0.6 is 0 Å². The summed E-state index contributed by atoms with van der Waals surface area (Å²) in [5, 5.41) is 2.83. The van der Waals surface area contributed by atoms with Gasteiger partial charge in [0.05, 0.1) is 19.8 Å². The number of benzene rings is 2. The second-order valence-electron chi connectivity index (χ2n) is 6.21. The summed E-state index contributed by atoms with van der Waals surface area (Å²) >= 11 is 0. The first-order chi connectivity index (χ1) is 12.3. The molecular formula is C20H24N2O4. The maximum atomic E-state index is 12.6. The van der Waals surface area contributed by atoms with Crippen LogP contribution in [0.5, 0.6) is 11.5 Å². The molecule has 0 bridgehead atoms. The van der Waals surface area contributed by atoms with Crippen LogP contribution in [-0.4, -0.2) is 45.0 Å². The molecule has 0 aromatic heterocycles. The van der Waals surface area contributed by atoms with Crippen molar-refractivity contribution >= 4 is 17.5 Å². The molecule has 138 valence electrons. The SMILES string of the molecule is COc1ccc(NC(=O)c2cc(C)c(OC)c(C)c2)cc1C(=O)N(C)C. The van der Waals surface area contributed by atoms with Crippen LogP contribution in [0.2, 0.25) is 0 Å². The van der Waals surface area contributed by atoms with Crippen LogP contribution in [0.3, 0.4) is 0 Å². The number of nitrogens with zero attached hydrogens (tertiary/aromatic N) is 1. The van der Waals surface area contributed by atoms with Crippen molar-refractivity contribution in [1.82, 2.24) is 4.90 Å². The molecule has 0 heterocycles. The van der Waals surface area contributed by atoms with Crippen LogP contribution in [0.25, 0.3) is 0 Å². The maximum Gasteiger partial charge on any atom is 0.257 e. The number of nitrogens with one attached hydrogen (secondary N) is 1. The van der Waals surface area contributed by atoms with Crippen molar-refractivity contribution in [3.63, 3.8) is 0 Å². The summed E-state index contributed by atoms with van der Waals surface area (Å²) < 4.78 is 10.6. The third kappa shape index (κ3) is 3.96. The molecule has 0 radical (unpaired) electrons. The fourth-order valence-corrected chi connectivity index (χ4v) is 2.80. The first kappa shape index (κ1) is 19.3. The molecular weight excluding hydrogens is 332 g/mol. The quantitative estimate of drug-likeness (QED) is 0.893. The van der Waals surface area contributed by atoms with E-state index in [0.29, 0.717) is 22.6 Å². The van der Waals surface area contributed by atoms with Crippen molar-refractivity contribution in [2.24, 2.45) is 0 Å². The van der Waals surface area contributed by atoms with E-state index in [4.69, 9.17) is 9.47 Å². The first-order valence-electron chi connectivity index (χ1n) is 8.14. The molecule has 0 aliphatic rings. The molecule has 1 N–H and O–H groups in total. The van der Waals surface area contributed by atoms with Gasteiger partial charge in [0.1, 0.15) is 11.5 Å². The molecule has 0 saturated carbocycles. The summed E-state index contributed by atoms with van der Waals surface area (Å²) in [4.78, 5) is 26.4. The van der Waals surface area contributed by atoms with Crippen molar-refractivity contribution < 1.29 is 19.1 Å². The third-order valence-corrected chi connectivity index (χ3v) is 4.02. The highest BCUT2D eigenvalue weighted by molar-refractivity contribution is 6.06. The average molecular weight is 356 g/mol. The van der Waals surface area contributed by atoms with Gasteiger partial charge in [0.15, 0.2) is 0 Å². The van der Waals surface area contributed by atoms with Crippen molar-refractivity contribution in [2.45, 2.75) is 13.8 Å². The van der Waals surface area contributed by atoms with E-state index in [1.807, 2.05) is 13.8 Å². The lowest BCUT2D eigenvalue weighted by molar-refractivity contribution is 0.0824. The molecule has 0 saturated heterocycles. The Morgan fingerprint density at radius 3 is 2.08 bits per heavy atom. The summed E-state index contributed by atoms with van der Waals surface area (Å²) in [5.41, 5.74) is 3.20. The van der Waals surface area contributed by atoms with E-state index in [1.165, 1.54) is 12.0 Å². The number of ether oxygens (including phenoxy) is 2. The van der Waals surface area contributed by atoms with Crippen molar-refractivity contribution in [3.05, 3.63) is 52.6 Å². The summed E-state index contributed by atoms with van der Waals surface area (Å²) in [6.45, 7) is 3.79. The molecule has 26 heavy (non-hydrogen) atoms. The Bertz CT molecular complexity index is 821. The monoisotopic (exact) mass is 356 g/mol. The maximum absolute atomic E-state index is 12.6. The number of carbonyl (C=O) groups is 2. The van der Waals surface area contributed by atoms with Crippen LogP contribution in [0.4, 0.5) is 5.69 Å². The zero-order valence-corrected chi connectivity index (χ0v) is 16.0. The van der Waals surface area contributed by atoms with Crippen molar-refractivity contribution in [2.75, 3.05) is 33.6 Å². The third-order valence-electron chi connectivity index (χ3n) is 4.02. The van der Waals surface area contributed by atoms with Gasteiger partial charge in [-0.1, -0.05) is 0 Å². The van der Waals surface area contributed by atoms with Gasteiger partial charge in [-0.25, -0.2) is 0 Å². The Labute approximate surface area is 153 Å². The average Bonchev–Trinajstić information content (AvgIpc) is 2.60. The number of amides is 2. The standard InChI is InChI=1S/C20H24N2O4/c1-12-9-14(10-13(2)18(12)26-6)19(23)21-15-7-8-17(25-5)16(11-15)20(24)22(3)4/h7-11H,1-6H3,(H,21,23). The number of aryl methyl sites for hydroxylation is 2. The lowest BCUT2D eigenvalue weighted by Crippen LogP contribution is -2.22. The molecule has 0 aliphatic carbocycles. The van der Waals surface area contributed by atoms with Gasteiger partial charge in [-0.15, -0.1) is 0 Å². The molecule has 0 atom stereocenters. The molecule has 2 rings (SSSR count). The number of rotatable bonds is 5. The predicted molar refractivity (Wildman–Crippen MR) is 101 cm³/mol. The van der Waals surface area contributed by atoms with Crippen LogP contribution in [-0.2, 0) is 0 Å². The van der Waals surface area contributed by atoms with Gasteiger partial charge in [0.2, 0.25) is 0 Å². The van der Waals surface area contributed by atoms with Crippen molar-refractivity contribution in [1.29, 1.82) is 0 Å². The minimum absolute atomic E-state index is 0.200. The zero-order valence-electron chi connectivity index (χ0n) is 16.0. The fraction of sp³-hybridized carbons (Fsp3) is 0.300. The summed E-state index contributed by atoms with van der Waals surface area (Å²) in [6.07, 6.45) is 0. The Kier molecular flexibility index (Phi) is 5.87. The Morgan fingerprint density at radius 2 is 1.58 bits per heavy atom. The zero-order chi connectivity index (χ0) is 19.4. The number of hydrogen-bond donors (Lipinski definition) is 1. The largest absolute Gasteiger partial charge is 0.496 e. The minimum atomic E-state index is -0.257.